The lowest BCUT2D eigenvalue weighted by atomic mass is 10.1. The average Bonchev–Trinajstić information content (AvgIpc) is 3.20. The van der Waals surface area contributed by atoms with E-state index in [-0.39, 0.29) is 12.6 Å². The summed E-state index contributed by atoms with van der Waals surface area (Å²) in [5.74, 6) is 0. The number of rotatable bonds is 11. The van der Waals surface area contributed by atoms with Crippen molar-refractivity contribution < 1.29 is 9.84 Å². The quantitative estimate of drug-likeness (QED) is 0.585. The van der Waals surface area contributed by atoms with Crippen LogP contribution in [0.5, 0.6) is 0 Å². The number of aliphatic hydroxyl groups excluding tert-OH is 1. The summed E-state index contributed by atoms with van der Waals surface area (Å²) in [6.45, 7) is 7.52. The maximum atomic E-state index is 9.38. The van der Waals surface area contributed by atoms with Crippen molar-refractivity contribution in [3.05, 3.63) is 0 Å². The molecule has 0 aliphatic heterocycles. The van der Waals surface area contributed by atoms with Gasteiger partial charge in [-0.2, -0.15) is 0 Å². The predicted octanol–water partition coefficient (Wildman–Crippen LogP) is 1.24. The summed E-state index contributed by atoms with van der Waals surface area (Å²) in [6, 6.07) is 1.50. The summed E-state index contributed by atoms with van der Waals surface area (Å²) in [5.41, 5.74) is 0. The topological polar surface area (TPSA) is 44.7 Å². The molecule has 4 heteroatoms. The molecule has 1 aliphatic rings. The van der Waals surface area contributed by atoms with Crippen LogP contribution in [-0.4, -0.2) is 61.5 Å². The van der Waals surface area contributed by atoms with Crippen LogP contribution in [0.4, 0.5) is 0 Å². The van der Waals surface area contributed by atoms with Crippen molar-refractivity contribution in [3.63, 3.8) is 0 Å². The fourth-order valence-electron chi connectivity index (χ4n) is 2.15. The van der Waals surface area contributed by atoms with Gasteiger partial charge in [-0.05, 0) is 32.6 Å². The molecule has 0 radical (unpaired) electrons. The fourth-order valence-corrected chi connectivity index (χ4v) is 2.15. The minimum absolute atomic E-state index is 0.245. The first-order valence-corrected chi connectivity index (χ1v) is 7.31. The minimum Gasteiger partial charge on any atom is -0.395 e. The van der Waals surface area contributed by atoms with Crippen molar-refractivity contribution in [3.8, 4) is 0 Å². The first kappa shape index (κ1) is 15.9. The highest BCUT2D eigenvalue weighted by atomic mass is 16.5. The summed E-state index contributed by atoms with van der Waals surface area (Å²) < 4.78 is 5.17. The van der Waals surface area contributed by atoms with E-state index in [1.165, 1.54) is 12.8 Å². The molecule has 0 amide bonds. The van der Waals surface area contributed by atoms with Gasteiger partial charge in [-0.25, -0.2) is 0 Å². The molecule has 1 fully saturated rings. The molecule has 0 aromatic carbocycles. The highest BCUT2D eigenvalue weighted by Gasteiger charge is 2.24. The van der Waals surface area contributed by atoms with Gasteiger partial charge in [0.1, 0.15) is 0 Å². The largest absolute Gasteiger partial charge is 0.395 e. The van der Waals surface area contributed by atoms with Gasteiger partial charge < -0.3 is 15.2 Å². The van der Waals surface area contributed by atoms with Crippen molar-refractivity contribution in [2.45, 2.75) is 57.7 Å². The third-order valence-electron chi connectivity index (χ3n) is 3.83. The van der Waals surface area contributed by atoms with Gasteiger partial charge in [0, 0.05) is 38.3 Å². The number of methoxy groups -OCH3 is 1. The zero-order valence-electron chi connectivity index (χ0n) is 12.2. The number of ether oxygens (including phenoxy) is 1. The van der Waals surface area contributed by atoms with Crippen LogP contribution < -0.4 is 5.32 Å². The summed E-state index contributed by atoms with van der Waals surface area (Å²) in [4.78, 5) is 2.46. The molecular weight excluding hydrogens is 228 g/mol. The van der Waals surface area contributed by atoms with E-state index >= 15 is 0 Å². The first-order valence-electron chi connectivity index (χ1n) is 7.31. The van der Waals surface area contributed by atoms with Crippen LogP contribution in [0.2, 0.25) is 0 Å². The van der Waals surface area contributed by atoms with Gasteiger partial charge in [0.05, 0.1) is 13.2 Å². The molecule has 1 aliphatic carbocycles. The lowest BCUT2D eigenvalue weighted by molar-refractivity contribution is 0.115. The number of nitrogens with one attached hydrogen (secondary N) is 1. The molecule has 18 heavy (non-hydrogen) atoms. The van der Waals surface area contributed by atoms with Gasteiger partial charge >= 0.3 is 0 Å². The number of aliphatic hydroxyl groups is 1. The number of nitrogens with zero attached hydrogens (tertiary/aromatic N) is 1. The summed E-state index contributed by atoms with van der Waals surface area (Å²) in [7, 11) is 1.75. The molecule has 0 heterocycles. The Morgan fingerprint density at radius 3 is 2.61 bits per heavy atom. The van der Waals surface area contributed by atoms with Crippen LogP contribution in [-0.2, 0) is 4.74 Å². The van der Waals surface area contributed by atoms with Crippen molar-refractivity contribution >= 4 is 0 Å². The maximum absolute atomic E-state index is 9.38. The van der Waals surface area contributed by atoms with E-state index in [1.807, 2.05) is 0 Å². The summed E-state index contributed by atoms with van der Waals surface area (Å²) >= 11 is 0. The third kappa shape index (κ3) is 6.14. The molecule has 1 rings (SSSR count). The SMILES string of the molecule is CCC(C)N(CCOC)CCC(CO)NC1CC1. The van der Waals surface area contributed by atoms with Crippen molar-refractivity contribution in [1.29, 1.82) is 0 Å². The standard InChI is InChI=1S/C14H30N2O2/c1-4-12(2)16(9-10-18-3)8-7-14(11-17)15-13-5-6-13/h12-15,17H,4-11H2,1-3H3. The van der Waals surface area contributed by atoms with E-state index < -0.39 is 0 Å². The molecule has 4 nitrogen and oxygen atoms in total. The molecule has 2 N–H and O–H groups in total. The Morgan fingerprint density at radius 1 is 1.39 bits per heavy atom. The van der Waals surface area contributed by atoms with E-state index in [2.05, 4.69) is 24.1 Å². The lowest BCUT2D eigenvalue weighted by Crippen LogP contribution is -2.41. The normalized spacial score (nSPS) is 19.2. The van der Waals surface area contributed by atoms with E-state index in [0.717, 1.165) is 32.5 Å². The first-order chi connectivity index (χ1) is 8.71. The van der Waals surface area contributed by atoms with Gasteiger partial charge in [0.2, 0.25) is 0 Å². The van der Waals surface area contributed by atoms with Crippen LogP contribution in [0.25, 0.3) is 0 Å². The van der Waals surface area contributed by atoms with Crippen LogP contribution in [0.3, 0.4) is 0 Å². The highest BCUT2D eigenvalue weighted by Crippen LogP contribution is 2.20. The van der Waals surface area contributed by atoms with Crippen molar-refractivity contribution in [2.24, 2.45) is 0 Å². The Morgan fingerprint density at radius 2 is 2.11 bits per heavy atom. The molecule has 2 atom stereocenters. The van der Waals surface area contributed by atoms with Gasteiger partial charge in [0.15, 0.2) is 0 Å². The van der Waals surface area contributed by atoms with Gasteiger partial charge in [0.25, 0.3) is 0 Å². The number of hydrogen-bond donors (Lipinski definition) is 2. The molecule has 2 unspecified atom stereocenters. The summed E-state index contributed by atoms with van der Waals surface area (Å²) in [6.07, 6.45) is 4.72. The molecule has 108 valence electrons. The molecule has 1 saturated carbocycles. The van der Waals surface area contributed by atoms with Crippen molar-refractivity contribution in [2.75, 3.05) is 33.4 Å². The van der Waals surface area contributed by atoms with Gasteiger partial charge in [-0.15, -0.1) is 0 Å². The Hall–Kier alpha value is -0.160. The summed E-state index contributed by atoms with van der Waals surface area (Å²) in [5, 5.41) is 12.9. The van der Waals surface area contributed by atoms with Gasteiger partial charge in [-0.1, -0.05) is 6.92 Å². The average molecular weight is 258 g/mol. The van der Waals surface area contributed by atoms with E-state index in [9.17, 15) is 5.11 Å². The Bertz CT molecular complexity index is 210. The van der Waals surface area contributed by atoms with E-state index in [4.69, 9.17) is 4.74 Å². The monoisotopic (exact) mass is 258 g/mol. The zero-order valence-corrected chi connectivity index (χ0v) is 12.2. The molecule has 0 aromatic heterocycles. The smallest absolute Gasteiger partial charge is 0.0589 e. The Balaban J connectivity index is 2.28. The molecule has 0 saturated heterocycles. The van der Waals surface area contributed by atoms with Crippen LogP contribution in [0.1, 0.15) is 39.5 Å². The van der Waals surface area contributed by atoms with Crippen LogP contribution >= 0.6 is 0 Å². The van der Waals surface area contributed by atoms with Gasteiger partial charge in [-0.3, -0.25) is 4.90 Å². The maximum Gasteiger partial charge on any atom is 0.0589 e. The second-order valence-corrected chi connectivity index (χ2v) is 5.40. The third-order valence-corrected chi connectivity index (χ3v) is 3.83. The van der Waals surface area contributed by atoms with Crippen molar-refractivity contribution in [1.82, 2.24) is 10.2 Å². The predicted molar refractivity (Wildman–Crippen MR) is 74.9 cm³/mol. The van der Waals surface area contributed by atoms with E-state index in [0.29, 0.717) is 12.1 Å². The Labute approximate surface area is 112 Å². The number of hydrogen-bond acceptors (Lipinski definition) is 4. The zero-order chi connectivity index (χ0) is 13.4. The van der Waals surface area contributed by atoms with Crippen LogP contribution in [0, 0.1) is 0 Å². The second kappa shape index (κ2) is 8.86. The fraction of sp³-hybridized carbons (Fsp3) is 1.00. The second-order valence-electron chi connectivity index (χ2n) is 5.40. The highest BCUT2D eigenvalue weighted by molar-refractivity contribution is 4.85. The minimum atomic E-state index is 0.245. The molecular formula is C14H30N2O2. The Kier molecular flexibility index (Phi) is 7.82. The molecule has 0 bridgehead atoms. The molecule has 0 spiro atoms. The van der Waals surface area contributed by atoms with Crippen LogP contribution in [0.15, 0.2) is 0 Å². The molecule has 0 aromatic rings. The lowest BCUT2D eigenvalue weighted by Gasteiger charge is -2.29. The van der Waals surface area contributed by atoms with E-state index in [1.54, 1.807) is 7.11 Å².